The maximum atomic E-state index is 12.6. The number of carbonyl (C=O) groups is 1. The van der Waals surface area contributed by atoms with Gasteiger partial charge in [-0.05, 0) is 12.8 Å². The van der Waals surface area contributed by atoms with Crippen LogP contribution in [0.25, 0.3) is 0 Å². The Morgan fingerprint density at radius 1 is 1.56 bits per heavy atom. The molecule has 0 saturated carbocycles. The molecular formula is C10H13F3N2O3. The fraction of sp³-hybridized carbons (Fsp3) is 0.700. The molecule has 0 aromatic heterocycles. The first-order valence-corrected chi connectivity index (χ1v) is 5.26. The Kier molecular flexibility index (Phi) is 4.16. The molecule has 0 aliphatic carbocycles. The number of nitrogens with zero attached hydrogens (tertiary/aromatic N) is 1. The van der Waals surface area contributed by atoms with Crippen LogP contribution in [0.4, 0.5) is 13.2 Å². The van der Waals surface area contributed by atoms with E-state index < -0.39 is 29.7 Å². The molecule has 1 rings (SSSR count). The zero-order valence-corrected chi connectivity index (χ0v) is 9.46. The van der Waals surface area contributed by atoms with Crippen molar-refractivity contribution in [2.45, 2.75) is 19.0 Å². The third-order valence-corrected chi connectivity index (χ3v) is 3.08. The Labute approximate surface area is 101 Å². The molecule has 5 nitrogen and oxygen atoms in total. The maximum absolute atomic E-state index is 12.6. The zero-order chi connectivity index (χ0) is 14.0. The number of Topliss-reactive ketones (excluding diaryl/α,β-unsaturated/α-hetero) is 1. The van der Waals surface area contributed by atoms with Gasteiger partial charge in [-0.3, -0.25) is 4.79 Å². The number of hydrogen-bond donors (Lipinski definition) is 2. The monoisotopic (exact) mass is 266 g/mol. The van der Waals surface area contributed by atoms with Crippen LogP contribution in [0.15, 0.2) is 5.70 Å². The number of nitrogens with two attached hydrogens (primary N) is 1. The summed E-state index contributed by atoms with van der Waals surface area (Å²) in [6, 6.07) is 0. The van der Waals surface area contributed by atoms with Gasteiger partial charge in [-0.15, -0.1) is 0 Å². The van der Waals surface area contributed by atoms with Gasteiger partial charge in [-0.25, -0.2) is 4.79 Å². The molecule has 0 bridgehead atoms. The molecule has 18 heavy (non-hydrogen) atoms. The van der Waals surface area contributed by atoms with Gasteiger partial charge in [0.05, 0.1) is 13.3 Å². The van der Waals surface area contributed by atoms with Crippen molar-refractivity contribution in [2.75, 3.05) is 19.8 Å². The molecule has 0 aromatic carbocycles. The van der Waals surface area contributed by atoms with E-state index in [0.717, 1.165) is 4.90 Å². The van der Waals surface area contributed by atoms with E-state index in [0.29, 0.717) is 0 Å². The quantitative estimate of drug-likeness (QED) is 0.693. The summed E-state index contributed by atoms with van der Waals surface area (Å²) in [4.78, 5) is 23.4. The van der Waals surface area contributed by atoms with Crippen molar-refractivity contribution in [3.05, 3.63) is 5.70 Å². The lowest BCUT2D eigenvalue weighted by Crippen LogP contribution is -2.53. The lowest BCUT2D eigenvalue weighted by molar-refractivity contribution is -0.184. The topological polar surface area (TPSA) is 83.6 Å². The molecule has 0 amide bonds. The minimum absolute atomic E-state index is 0.211. The van der Waals surface area contributed by atoms with E-state index in [1.54, 1.807) is 0 Å². The van der Waals surface area contributed by atoms with Crippen molar-refractivity contribution in [1.82, 2.24) is 4.90 Å². The Balaban J connectivity index is 3.28. The first-order chi connectivity index (χ1) is 8.33. The molecule has 0 radical (unpaired) electrons. The van der Waals surface area contributed by atoms with Gasteiger partial charge in [0, 0.05) is 6.54 Å². The van der Waals surface area contributed by atoms with E-state index in [9.17, 15) is 27.9 Å². The number of alkyl halides is 3. The molecule has 102 valence electrons. The van der Waals surface area contributed by atoms with Gasteiger partial charge in [0.1, 0.15) is 17.1 Å². The predicted octanol–water partition coefficient (Wildman–Crippen LogP) is -0.176. The van der Waals surface area contributed by atoms with Crippen molar-refractivity contribution < 1.29 is 27.9 Å². The Morgan fingerprint density at radius 3 is 2.56 bits per heavy atom. The van der Waals surface area contributed by atoms with E-state index in [1.165, 1.54) is 5.94 Å². The van der Waals surface area contributed by atoms with Crippen LogP contribution in [0.1, 0.15) is 12.8 Å². The highest BCUT2D eigenvalue weighted by atomic mass is 19.4. The van der Waals surface area contributed by atoms with Crippen molar-refractivity contribution in [1.29, 1.82) is 0 Å². The van der Waals surface area contributed by atoms with Crippen molar-refractivity contribution >= 4 is 11.7 Å². The SMILES string of the molecule is NCN1CCCC(CO)(C(=O)C(F)(F)F)C1=C=O. The van der Waals surface area contributed by atoms with Gasteiger partial charge >= 0.3 is 6.18 Å². The van der Waals surface area contributed by atoms with Crippen LogP contribution in [0.5, 0.6) is 0 Å². The van der Waals surface area contributed by atoms with E-state index in [-0.39, 0.29) is 26.1 Å². The van der Waals surface area contributed by atoms with E-state index in [4.69, 9.17) is 5.73 Å². The second-order valence-corrected chi connectivity index (χ2v) is 4.07. The number of aliphatic hydroxyl groups excluding tert-OH is 1. The number of rotatable bonds is 3. The van der Waals surface area contributed by atoms with E-state index in [1.807, 2.05) is 0 Å². The molecule has 0 spiro atoms. The summed E-state index contributed by atoms with van der Waals surface area (Å²) in [5.74, 6) is -0.799. The third kappa shape index (κ3) is 2.27. The highest BCUT2D eigenvalue weighted by molar-refractivity contribution is 5.94. The van der Waals surface area contributed by atoms with Crippen LogP contribution in [-0.2, 0) is 9.59 Å². The van der Waals surface area contributed by atoms with Gasteiger partial charge in [-0.2, -0.15) is 13.2 Å². The maximum Gasteiger partial charge on any atom is 0.451 e. The minimum atomic E-state index is -5.12. The van der Waals surface area contributed by atoms with Gasteiger partial charge in [0.15, 0.2) is 0 Å². The Hall–Kier alpha value is -1.37. The molecule has 0 aromatic rings. The second kappa shape index (κ2) is 5.09. The summed E-state index contributed by atoms with van der Waals surface area (Å²) in [6.45, 7) is -1.04. The Morgan fingerprint density at radius 2 is 2.17 bits per heavy atom. The molecule has 1 saturated heterocycles. The first-order valence-electron chi connectivity index (χ1n) is 5.26. The standard InChI is InChI=1S/C10H13F3N2O3/c11-10(12,13)8(18)9(5-17)2-1-3-15(6-14)7(9)4-16/h17H,1-3,5-6,14H2. The third-order valence-electron chi connectivity index (χ3n) is 3.08. The highest BCUT2D eigenvalue weighted by Crippen LogP contribution is 2.42. The number of piperidine rings is 1. The summed E-state index contributed by atoms with van der Waals surface area (Å²) < 4.78 is 37.7. The molecule has 1 atom stereocenters. The molecular weight excluding hydrogens is 253 g/mol. The molecule has 1 heterocycles. The fourth-order valence-electron chi connectivity index (χ4n) is 2.17. The van der Waals surface area contributed by atoms with Gasteiger partial charge in [0.25, 0.3) is 5.78 Å². The summed E-state index contributed by atoms with van der Waals surface area (Å²) in [6.07, 6.45) is -5.14. The molecule has 1 aliphatic rings. The molecule has 1 unspecified atom stereocenters. The number of carbonyl (C=O) groups excluding carboxylic acids is 2. The van der Waals surface area contributed by atoms with Crippen LogP contribution in [0.2, 0.25) is 0 Å². The number of aliphatic hydroxyl groups is 1. The number of likely N-dealkylation sites (tertiary alicyclic amines) is 1. The van der Waals surface area contributed by atoms with Crippen molar-refractivity contribution in [3.8, 4) is 0 Å². The molecule has 3 N–H and O–H groups in total. The molecule has 1 aliphatic heterocycles. The first kappa shape index (κ1) is 14.7. The number of hydrogen-bond acceptors (Lipinski definition) is 5. The highest BCUT2D eigenvalue weighted by Gasteiger charge is 2.57. The molecule has 1 fully saturated rings. The summed E-state index contributed by atoms with van der Waals surface area (Å²) >= 11 is 0. The van der Waals surface area contributed by atoms with E-state index in [2.05, 4.69) is 0 Å². The lowest BCUT2D eigenvalue weighted by Gasteiger charge is -2.41. The second-order valence-electron chi connectivity index (χ2n) is 4.07. The van der Waals surface area contributed by atoms with Crippen LogP contribution in [0.3, 0.4) is 0 Å². The lowest BCUT2D eigenvalue weighted by atomic mass is 9.74. The van der Waals surface area contributed by atoms with E-state index >= 15 is 0 Å². The smallest absolute Gasteiger partial charge is 0.395 e. The van der Waals surface area contributed by atoms with Gasteiger partial charge < -0.3 is 15.7 Å². The summed E-state index contributed by atoms with van der Waals surface area (Å²) in [7, 11) is 0. The minimum Gasteiger partial charge on any atom is -0.395 e. The van der Waals surface area contributed by atoms with Crippen LogP contribution in [-0.4, -0.2) is 47.7 Å². The molecule has 8 heteroatoms. The largest absolute Gasteiger partial charge is 0.451 e. The average molecular weight is 266 g/mol. The number of ketones is 1. The Bertz CT molecular complexity index is 390. The van der Waals surface area contributed by atoms with Crippen molar-refractivity contribution in [3.63, 3.8) is 0 Å². The van der Waals surface area contributed by atoms with Crippen molar-refractivity contribution in [2.24, 2.45) is 11.1 Å². The summed E-state index contributed by atoms with van der Waals surface area (Å²) in [5, 5.41) is 9.20. The zero-order valence-electron chi connectivity index (χ0n) is 9.46. The number of halogens is 3. The fourth-order valence-corrected chi connectivity index (χ4v) is 2.17. The van der Waals surface area contributed by atoms with Crippen LogP contribution < -0.4 is 5.73 Å². The average Bonchev–Trinajstić information content (AvgIpc) is 2.35. The normalized spacial score (nSPS) is 24.9. The summed E-state index contributed by atoms with van der Waals surface area (Å²) in [5.41, 5.74) is 2.53. The van der Waals surface area contributed by atoms with Gasteiger partial charge in [0.2, 0.25) is 0 Å². The predicted molar refractivity (Wildman–Crippen MR) is 54.8 cm³/mol. The van der Waals surface area contributed by atoms with Crippen LogP contribution >= 0.6 is 0 Å². The van der Waals surface area contributed by atoms with Gasteiger partial charge in [-0.1, -0.05) is 0 Å². The van der Waals surface area contributed by atoms with Crippen LogP contribution in [0, 0.1) is 5.41 Å².